The van der Waals surface area contributed by atoms with Crippen molar-refractivity contribution < 1.29 is 17.9 Å². The summed E-state index contributed by atoms with van der Waals surface area (Å²) in [7, 11) is -2.64. The van der Waals surface area contributed by atoms with Crippen LogP contribution in [0.1, 0.15) is 5.56 Å². The van der Waals surface area contributed by atoms with Crippen molar-refractivity contribution in [2.45, 2.75) is 11.8 Å². The lowest BCUT2D eigenvalue weighted by Crippen LogP contribution is -2.38. The van der Waals surface area contributed by atoms with Crippen LogP contribution in [-0.4, -0.2) is 28.0 Å². The van der Waals surface area contributed by atoms with E-state index in [1.165, 1.54) is 25.3 Å². The van der Waals surface area contributed by atoms with Gasteiger partial charge in [-0.2, -0.15) is 0 Å². The van der Waals surface area contributed by atoms with Crippen molar-refractivity contribution in [2.24, 2.45) is 0 Å². The summed E-state index contributed by atoms with van der Waals surface area (Å²) in [5, 5.41) is 3.04. The largest absolute Gasteiger partial charge is 0.495 e. The Balaban J connectivity index is 2.01. The van der Waals surface area contributed by atoms with Gasteiger partial charge in [0.1, 0.15) is 12.3 Å². The lowest BCUT2D eigenvalue weighted by atomic mass is 10.2. The lowest BCUT2D eigenvalue weighted by molar-refractivity contribution is -0.114. The first-order valence-electron chi connectivity index (χ1n) is 9.09. The lowest BCUT2D eigenvalue weighted by Gasteiger charge is -2.26. The number of amides is 1. The monoisotopic (exact) mass is 444 g/mol. The van der Waals surface area contributed by atoms with Gasteiger partial charge in [0.25, 0.3) is 10.0 Å². The number of methoxy groups -OCH3 is 1. The number of rotatable bonds is 7. The molecule has 6 nitrogen and oxygen atoms in total. The molecule has 3 aromatic carbocycles. The molecule has 0 aliphatic carbocycles. The van der Waals surface area contributed by atoms with Crippen molar-refractivity contribution >= 4 is 38.9 Å². The third kappa shape index (κ3) is 4.93. The van der Waals surface area contributed by atoms with Gasteiger partial charge in [0.15, 0.2) is 0 Å². The van der Waals surface area contributed by atoms with E-state index >= 15 is 0 Å². The van der Waals surface area contributed by atoms with E-state index in [9.17, 15) is 13.2 Å². The third-order valence-electron chi connectivity index (χ3n) is 4.36. The number of carbonyl (C=O) groups is 1. The molecule has 0 aliphatic rings. The van der Waals surface area contributed by atoms with Crippen LogP contribution in [0.5, 0.6) is 5.75 Å². The number of nitrogens with one attached hydrogen (secondary N) is 1. The van der Waals surface area contributed by atoms with E-state index in [0.29, 0.717) is 10.7 Å². The molecule has 8 heteroatoms. The minimum atomic E-state index is -4.06. The van der Waals surface area contributed by atoms with Gasteiger partial charge >= 0.3 is 0 Å². The van der Waals surface area contributed by atoms with E-state index in [1.807, 2.05) is 19.1 Å². The summed E-state index contributed by atoms with van der Waals surface area (Å²) in [6, 6.07) is 19.7. The predicted molar refractivity (Wildman–Crippen MR) is 119 cm³/mol. The number of benzene rings is 3. The normalized spacial score (nSPS) is 11.0. The Kier molecular flexibility index (Phi) is 6.64. The Morgan fingerprint density at radius 2 is 1.70 bits per heavy atom. The van der Waals surface area contributed by atoms with Gasteiger partial charge in [0.05, 0.1) is 17.7 Å². The molecule has 0 fully saturated rings. The van der Waals surface area contributed by atoms with Crippen LogP contribution in [0.4, 0.5) is 11.4 Å². The van der Waals surface area contributed by atoms with E-state index in [0.717, 1.165) is 9.87 Å². The van der Waals surface area contributed by atoms with Gasteiger partial charge in [0, 0.05) is 10.7 Å². The van der Waals surface area contributed by atoms with Crippen LogP contribution < -0.4 is 14.4 Å². The maximum atomic E-state index is 13.4. The molecule has 1 N–H and O–H groups in total. The Morgan fingerprint density at radius 1 is 1.03 bits per heavy atom. The summed E-state index contributed by atoms with van der Waals surface area (Å²) in [6.45, 7) is 1.48. The summed E-state index contributed by atoms with van der Waals surface area (Å²) in [6.07, 6.45) is 0. The van der Waals surface area contributed by atoms with E-state index < -0.39 is 22.5 Å². The second-order valence-corrected chi connectivity index (χ2v) is 8.85. The molecule has 0 spiro atoms. The second-order valence-electron chi connectivity index (χ2n) is 6.56. The van der Waals surface area contributed by atoms with Gasteiger partial charge < -0.3 is 10.1 Å². The average Bonchev–Trinajstić information content (AvgIpc) is 2.74. The molecule has 0 saturated carbocycles. The van der Waals surface area contributed by atoms with E-state index in [1.54, 1.807) is 42.5 Å². The quantitative estimate of drug-likeness (QED) is 0.582. The number of ether oxygens (including phenoxy) is 1. The molecule has 0 aromatic heterocycles. The van der Waals surface area contributed by atoms with Crippen LogP contribution in [0.3, 0.4) is 0 Å². The first-order valence-corrected chi connectivity index (χ1v) is 10.9. The molecule has 0 heterocycles. The standard InChI is InChI=1S/C22H21ClN2O4S/c1-16-8-11-18(12-9-16)24-22(26)15-25(20-14-17(23)10-13-21(20)29-2)30(27,28)19-6-4-3-5-7-19/h3-14H,15H2,1-2H3,(H,24,26). The number of sulfonamides is 1. The Bertz CT molecular complexity index is 1130. The zero-order valence-corrected chi connectivity index (χ0v) is 18.1. The first-order chi connectivity index (χ1) is 14.3. The van der Waals surface area contributed by atoms with Crippen molar-refractivity contribution in [1.82, 2.24) is 0 Å². The van der Waals surface area contributed by atoms with Crippen molar-refractivity contribution in [1.29, 1.82) is 0 Å². The van der Waals surface area contributed by atoms with Gasteiger partial charge in [-0.3, -0.25) is 9.10 Å². The minimum absolute atomic E-state index is 0.0511. The van der Waals surface area contributed by atoms with Gasteiger partial charge in [-0.05, 0) is 49.4 Å². The predicted octanol–water partition coefficient (Wildman–Crippen LogP) is 4.49. The fourth-order valence-electron chi connectivity index (χ4n) is 2.85. The number of anilines is 2. The number of nitrogens with zero attached hydrogens (tertiary/aromatic N) is 1. The van der Waals surface area contributed by atoms with Gasteiger partial charge in [-0.1, -0.05) is 47.5 Å². The highest BCUT2D eigenvalue weighted by atomic mass is 35.5. The van der Waals surface area contributed by atoms with E-state index in [4.69, 9.17) is 16.3 Å². The maximum Gasteiger partial charge on any atom is 0.264 e. The molecule has 0 bridgehead atoms. The fraction of sp³-hybridized carbons (Fsp3) is 0.136. The molecule has 0 unspecified atom stereocenters. The number of hydrogen-bond acceptors (Lipinski definition) is 4. The van der Waals surface area contributed by atoms with Gasteiger partial charge in [-0.15, -0.1) is 0 Å². The van der Waals surface area contributed by atoms with Crippen LogP contribution in [0.2, 0.25) is 5.02 Å². The average molecular weight is 445 g/mol. The molecule has 0 saturated heterocycles. The molecular formula is C22H21ClN2O4S. The SMILES string of the molecule is COc1ccc(Cl)cc1N(CC(=O)Nc1ccc(C)cc1)S(=O)(=O)c1ccccc1. The molecule has 1 amide bonds. The highest BCUT2D eigenvalue weighted by Gasteiger charge is 2.29. The van der Waals surface area contributed by atoms with Crippen LogP contribution >= 0.6 is 11.6 Å². The topological polar surface area (TPSA) is 75.7 Å². The molecular weight excluding hydrogens is 424 g/mol. The van der Waals surface area contributed by atoms with Crippen LogP contribution in [-0.2, 0) is 14.8 Å². The van der Waals surface area contributed by atoms with E-state index in [2.05, 4.69) is 5.32 Å². The van der Waals surface area contributed by atoms with Gasteiger partial charge in [0.2, 0.25) is 5.91 Å². The maximum absolute atomic E-state index is 13.4. The van der Waals surface area contributed by atoms with Crippen molar-refractivity contribution in [3.8, 4) is 5.75 Å². The Labute approximate surface area is 181 Å². The van der Waals surface area contributed by atoms with Crippen LogP contribution in [0.15, 0.2) is 77.7 Å². The summed E-state index contributed by atoms with van der Waals surface area (Å²) >= 11 is 6.12. The minimum Gasteiger partial charge on any atom is -0.495 e. The van der Waals surface area contributed by atoms with Crippen molar-refractivity contribution in [2.75, 3.05) is 23.3 Å². The smallest absolute Gasteiger partial charge is 0.264 e. The highest BCUT2D eigenvalue weighted by Crippen LogP contribution is 2.34. The van der Waals surface area contributed by atoms with Crippen LogP contribution in [0, 0.1) is 6.92 Å². The van der Waals surface area contributed by atoms with Crippen molar-refractivity contribution in [3.05, 3.63) is 83.4 Å². The van der Waals surface area contributed by atoms with Crippen LogP contribution in [0.25, 0.3) is 0 Å². The molecule has 0 aliphatic heterocycles. The van der Waals surface area contributed by atoms with Crippen molar-refractivity contribution in [3.63, 3.8) is 0 Å². The Hall–Kier alpha value is -3.03. The molecule has 0 atom stereocenters. The molecule has 30 heavy (non-hydrogen) atoms. The third-order valence-corrected chi connectivity index (χ3v) is 6.37. The summed E-state index contributed by atoms with van der Waals surface area (Å²) in [5.41, 5.74) is 1.79. The summed E-state index contributed by atoms with van der Waals surface area (Å²) in [5.74, 6) is -0.220. The molecule has 156 valence electrons. The zero-order valence-electron chi connectivity index (χ0n) is 16.5. The van der Waals surface area contributed by atoms with Gasteiger partial charge in [-0.25, -0.2) is 8.42 Å². The molecule has 3 aromatic rings. The molecule has 0 radical (unpaired) electrons. The fourth-order valence-corrected chi connectivity index (χ4v) is 4.46. The number of carbonyl (C=O) groups excluding carboxylic acids is 1. The zero-order chi connectivity index (χ0) is 21.7. The first kappa shape index (κ1) is 21.7. The number of halogens is 1. The Morgan fingerprint density at radius 3 is 2.33 bits per heavy atom. The second kappa shape index (κ2) is 9.19. The van der Waals surface area contributed by atoms with E-state index in [-0.39, 0.29) is 16.3 Å². The number of aryl methyl sites for hydroxylation is 1. The number of hydrogen-bond donors (Lipinski definition) is 1. The summed E-state index contributed by atoms with van der Waals surface area (Å²) < 4.78 is 33.1. The summed E-state index contributed by atoms with van der Waals surface area (Å²) in [4.78, 5) is 12.8. The highest BCUT2D eigenvalue weighted by molar-refractivity contribution is 7.92. The molecule has 3 rings (SSSR count).